The minimum absolute atomic E-state index is 0.481. The van der Waals surface area contributed by atoms with Crippen LogP contribution in [-0.2, 0) is 0 Å². The molecule has 0 aliphatic carbocycles. The lowest BCUT2D eigenvalue weighted by molar-refractivity contribution is 0.375. The molecule has 0 bridgehead atoms. The number of hydrogen-bond acceptors (Lipinski definition) is 2. The zero-order valence-electron chi connectivity index (χ0n) is 17.2. The maximum atomic E-state index is 2.77. The molecular formula is C28H26N2. The van der Waals surface area contributed by atoms with Crippen molar-refractivity contribution in [3.05, 3.63) is 84.4 Å². The van der Waals surface area contributed by atoms with Gasteiger partial charge in [-0.15, -0.1) is 0 Å². The molecule has 3 atom stereocenters. The molecule has 3 heterocycles. The Morgan fingerprint density at radius 2 is 1.40 bits per heavy atom. The van der Waals surface area contributed by atoms with Gasteiger partial charge in [-0.1, -0.05) is 72.8 Å². The van der Waals surface area contributed by atoms with Crippen LogP contribution in [0.2, 0.25) is 0 Å². The van der Waals surface area contributed by atoms with Gasteiger partial charge < -0.3 is 9.80 Å². The molecule has 2 nitrogen and oxygen atoms in total. The van der Waals surface area contributed by atoms with Crippen LogP contribution in [0.5, 0.6) is 0 Å². The van der Waals surface area contributed by atoms with Crippen molar-refractivity contribution in [2.24, 2.45) is 5.92 Å². The van der Waals surface area contributed by atoms with Crippen LogP contribution in [-0.4, -0.2) is 19.1 Å². The summed E-state index contributed by atoms with van der Waals surface area (Å²) in [6.07, 6.45) is 3.96. The van der Waals surface area contributed by atoms with E-state index in [4.69, 9.17) is 0 Å². The van der Waals surface area contributed by atoms with Gasteiger partial charge >= 0.3 is 0 Å². The topological polar surface area (TPSA) is 6.48 Å². The lowest BCUT2D eigenvalue weighted by Gasteiger charge is -2.44. The van der Waals surface area contributed by atoms with Crippen molar-refractivity contribution in [3.63, 3.8) is 0 Å². The van der Waals surface area contributed by atoms with E-state index in [1.54, 1.807) is 5.56 Å². The Labute approximate surface area is 177 Å². The summed E-state index contributed by atoms with van der Waals surface area (Å²) in [5.74, 6) is 0.722. The molecular weight excluding hydrogens is 364 g/mol. The second-order valence-electron chi connectivity index (χ2n) is 9.22. The van der Waals surface area contributed by atoms with Crippen molar-refractivity contribution in [1.29, 1.82) is 0 Å². The second-order valence-corrected chi connectivity index (χ2v) is 9.22. The molecule has 2 fully saturated rings. The fourth-order valence-corrected chi connectivity index (χ4v) is 6.69. The third-order valence-electron chi connectivity index (χ3n) is 7.85. The first kappa shape index (κ1) is 16.8. The number of benzene rings is 4. The van der Waals surface area contributed by atoms with Crippen molar-refractivity contribution in [2.45, 2.75) is 31.3 Å². The van der Waals surface area contributed by atoms with E-state index in [1.165, 1.54) is 58.7 Å². The molecule has 2 saturated heterocycles. The highest BCUT2D eigenvalue weighted by atomic mass is 15.3. The summed E-state index contributed by atoms with van der Waals surface area (Å²) in [6.45, 7) is 2.36. The molecule has 3 aliphatic heterocycles. The van der Waals surface area contributed by atoms with Crippen LogP contribution < -0.4 is 9.80 Å². The van der Waals surface area contributed by atoms with Crippen LogP contribution in [0.15, 0.2) is 78.9 Å². The SMILES string of the molecule is c1ccc2c(N3CCC4C5CCCN5c5c(ccc6ccccc56)C43)cccc2c1. The molecule has 0 aromatic heterocycles. The summed E-state index contributed by atoms with van der Waals surface area (Å²) in [6, 6.07) is 30.6. The van der Waals surface area contributed by atoms with E-state index in [0.29, 0.717) is 12.1 Å². The molecule has 4 aromatic carbocycles. The molecule has 3 unspecified atom stereocenters. The Morgan fingerprint density at radius 1 is 0.633 bits per heavy atom. The Balaban J connectivity index is 1.47. The minimum Gasteiger partial charge on any atom is -0.367 e. The van der Waals surface area contributed by atoms with Crippen molar-refractivity contribution >= 4 is 32.9 Å². The van der Waals surface area contributed by atoms with E-state index in [2.05, 4.69) is 88.7 Å². The average molecular weight is 391 g/mol. The smallest absolute Gasteiger partial charge is 0.0611 e. The van der Waals surface area contributed by atoms with Gasteiger partial charge in [0, 0.05) is 41.5 Å². The normalized spacial score (nSPS) is 24.9. The van der Waals surface area contributed by atoms with Crippen LogP contribution in [0.25, 0.3) is 21.5 Å². The quantitative estimate of drug-likeness (QED) is 0.364. The van der Waals surface area contributed by atoms with E-state index in [-0.39, 0.29) is 0 Å². The first-order valence-electron chi connectivity index (χ1n) is 11.4. The third-order valence-corrected chi connectivity index (χ3v) is 7.85. The maximum Gasteiger partial charge on any atom is 0.0611 e. The van der Waals surface area contributed by atoms with Crippen molar-refractivity contribution in [3.8, 4) is 0 Å². The highest BCUT2D eigenvalue weighted by Crippen LogP contribution is 2.55. The number of anilines is 2. The van der Waals surface area contributed by atoms with Gasteiger partial charge in [0.25, 0.3) is 0 Å². The van der Waals surface area contributed by atoms with Crippen LogP contribution in [0.3, 0.4) is 0 Å². The summed E-state index contributed by atoms with van der Waals surface area (Å²) < 4.78 is 0. The van der Waals surface area contributed by atoms with Crippen molar-refractivity contribution < 1.29 is 0 Å². The average Bonchev–Trinajstić information content (AvgIpc) is 3.46. The zero-order valence-corrected chi connectivity index (χ0v) is 17.2. The number of rotatable bonds is 1. The summed E-state index contributed by atoms with van der Waals surface area (Å²) in [5.41, 5.74) is 4.47. The Bertz CT molecular complexity index is 1270. The number of hydrogen-bond donors (Lipinski definition) is 0. The van der Waals surface area contributed by atoms with E-state index in [1.807, 2.05) is 0 Å². The summed E-state index contributed by atoms with van der Waals surface area (Å²) in [4.78, 5) is 5.50. The second kappa shape index (κ2) is 6.25. The number of nitrogens with zero attached hydrogens (tertiary/aromatic N) is 2. The molecule has 148 valence electrons. The first-order chi connectivity index (χ1) is 14.9. The fourth-order valence-electron chi connectivity index (χ4n) is 6.69. The standard InChI is InChI=1S/C28H26N2/c1-3-10-21-19(7-1)9-5-12-25(21)30-18-16-23-26-13-6-17-29(26)27-22-11-4-2-8-20(22)14-15-24(27)28(23)30/h1-5,7-12,14-15,23,26,28H,6,13,16-18H2. The highest BCUT2D eigenvalue weighted by Gasteiger charge is 2.49. The van der Waals surface area contributed by atoms with Gasteiger partial charge in [-0.05, 0) is 41.7 Å². The van der Waals surface area contributed by atoms with Gasteiger partial charge in [0.05, 0.1) is 11.7 Å². The van der Waals surface area contributed by atoms with Gasteiger partial charge in [-0.3, -0.25) is 0 Å². The van der Waals surface area contributed by atoms with E-state index in [0.717, 1.165) is 12.5 Å². The molecule has 0 amide bonds. The van der Waals surface area contributed by atoms with Crippen LogP contribution in [0.4, 0.5) is 11.4 Å². The predicted molar refractivity (Wildman–Crippen MR) is 126 cm³/mol. The first-order valence-corrected chi connectivity index (χ1v) is 11.4. The summed E-state index contributed by atoms with van der Waals surface area (Å²) in [7, 11) is 0. The van der Waals surface area contributed by atoms with E-state index in [9.17, 15) is 0 Å². The molecule has 30 heavy (non-hydrogen) atoms. The third kappa shape index (κ3) is 2.19. The maximum absolute atomic E-state index is 2.77. The molecule has 7 rings (SSSR count). The van der Waals surface area contributed by atoms with Crippen molar-refractivity contribution in [2.75, 3.05) is 22.9 Å². The van der Waals surface area contributed by atoms with Gasteiger partial charge in [0.2, 0.25) is 0 Å². The molecule has 0 N–H and O–H groups in total. The van der Waals surface area contributed by atoms with Gasteiger partial charge in [0.1, 0.15) is 0 Å². The lowest BCUT2D eigenvalue weighted by atomic mass is 9.80. The monoisotopic (exact) mass is 390 g/mol. The Hall–Kier alpha value is -3.00. The molecule has 0 radical (unpaired) electrons. The summed E-state index contributed by atoms with van der Waals surface area (Å²) >= 11 is 0. The Kier molecular flexibility index (Phi) is 3.49. The zero-order chi connectivity index (χ0) is 19.7. The molecule has 0 saturated carbocycles. The van der Waals surface area contributed by atoms with Gasteiger partial charge in [-0.2, -0.15) is 0 Å². The summed E-state index contributed by atoms with van der Waals surface area (Å²) in [5, 5.41) is 5.53. The van der Waals surface area contributed by atoms with Crippen LogP contribution in [0.1, 0.15) is 30.9 Å². The fraction of sp³-hybridized carbons (Fsp3) is 0.286. The van der Waals surface area contributed by atoms with E-state index < -0.39 is 0 Å². The van der Waals surface area contributed by atoms with Crippen molar-refractivity contribution in [1.82, 2.24) is 0 Å². The van der Waals surface area contributed by atoms with Gasteiger partial charge in [-0.25, -0.2) is 0 Å². The van der Waals surface area contributed by atoms with E-state index >= 15 is 0 Å². The minimum atomic E-state index is 0.481. The van der Waals surface area contributed by atoms with Gasteiger partial charge in [0.15, 0.2) is 0 Å². The largest absolute Gasteiger partial charge is 0.367 e. The van der Waals surface area contributed by atoms with Crippen LogP contribution >= 0.6 is 0 Å². The Morgan fingerprint density at radius 3 is 2.30 bits per heavy atom. The predicted octanol–water partition coefficient (Wildman–Crippen LogP) is 6.54. The molecule has 0 spiro atoms. The molecule has 3 aliphatic rings. The number of fused-ring (bicyclic) bond motifs is 9. The van der Waals surface area contributed by atoms with Crippen LogP contribution in [0, 0.1) is 5.92 Å². The molecule has 4 aromatic rings. The highest BCUT2D eigenvalue weighted by molar-refractivity contribution is 5.98. The lowest BCUT2D eigenvalue weighted by Crippen LogP contribution is -2.44. The molecule has 2 heteroatoms.